The van der Waals surface area contributed by atoms with E-state index >= 15 is 0 Å². The van der Waals surface area contributed by atoms with E-state index in [0.717, 1.165) is 5.56 Å². The highest BCUT2D eigenvalue weighted by molar-refractivity contribution is 6.36. The molecule has 32 heavy (non-hydrogen) atoms. The number of ether oxygens (including phenoxy) is 1. The minimum atomic E-state index is -0.440. The van der Waals surface area contributed by atoms with Gasteiger partial charge in [0, 0.05) is 34.0 Å². The molecule has 0 bridgehead atoms. The van der Waals surface area contributed by atoms with Gasteiger partial charge in [-0.05, 0) is 18.2 Å². The number of rotatable bonds is 4. The van der Waals surface area contributed by atoms with Crippen molar-refractivity contribution >= 4 is 45.3 Å². The van der Waals surface area contributed by atoms with Crippen molar-refractivity contribution in [2.75, 3.05) is 12.4 Å². The summed E-state index contributed by atoms with van der Waals surface area (Å²) in [6, 6.07) is 16.3. The molecule has 5 rings (SSSR count). The predicted molar refractivity (Wildman–Crippen MR) is 124 cm³/mol. The summed E-state index contributed by atoms with van der Waals surface area (Å²) in [4.78, 5) is 16.3. The van der Waals surface area contributed by atoms with Gasteiger partial charge >= 0.3 is 0 Å². The maximum absolute atomic E-state index is 11.8. The Kier molecular flexibility index (Phi) is 4.84. The second-order valence-electron chi connectivity index (χ2n) is 7.05. The Balaban J connectivity index is 1.84. The number of hydrogen-bond acceptors (Lipinski definition) is 6. The molecule has 2 N–H and O–H groups in total. The van der Waals surface area contributed by atoms with Gasteiger partial charge < -0.3 is 10.1 Å². The zero-order valence-corrected chi connectivity index (χ0v) is 17.6. The highest BCUT2D eigenvalue weighted by Gasteiger charge is 2.26. The molecule has 0 unspecified atom stereocenters. The third-order valence-electron chi connectivity index (χ3n) is 5.26. The van der Waals surface area contributed by atoms with Gasteiger partial charge in [0.15, 0.2) is 0 Å². The van der Waals surface area contributed by atoms with E-state index in [-0.39, 0.29) is 5.69 Å². The fourth-order valence-electron chi connectivity index (χ4n) is 3.79. The largest absolute Gasteiger partial charge is 0.496 e. The van der Waals surface area contributed by atoms with Gasteiger partial charge in [-0.1, -0.05) is 41.9 Å². The molecule has 2 heterocycles. The van der Waals surface area contributed by atoms with E-state index in [1.807, 2.05) is 42.5 Å². The van der Waals surface area contributed by atoms with Gasteiger partial charge in [0.1, 0.15) is 11.3 Å². The molecule has 0 saturated heterocycles. The van der Waals surface area contributed by atoms with Crippen molar-refractivity contribution in [3.63, 3.8) is 0 Å². The standard InChI is InChI=1S/C23H16ClN5O3/c1-32-20-9-5-3-7-14(20)18-12-25-21-15(22(27-18)13-6-2-4-8-17(13)24)10-19(29(30)31)23-16(21)11-26-28-23/h2-12,25H,1H3,(H,26,28). The van der Waals surface area contributed by atoms with E-state index in [1.54, 1.807) is 25.6 Å². The van der Waals surface area contributed by atoms with Gasteiger partial charge in [0.25, 0.3) is 5.69 Å². The van der Waals surface area contributed by atoms with Crippen LogP contribution in [0.3, 0.4) is 0 Å². The highest BCUT2D eigenvalue weighted by Crippen LogP contribution is 2.39. The van der Waals surface area contributed by atoms with Gasteiger partial charge in [0.05, 0.1) is 40.7 Å². The average Bonchev–Trinajstić information content (AvgIpc) is 3.21. The summed E-state index contributed by atoms with van der Waals surface area (Å²) in [5, 5.41) is 22.9. The summed E-state index contributed by atoms with van der Waals surface area (Å²) in [5.74, 6) is 0.646. The molecular formula is C23H16ClN5O3. The summed E-state index contributed by atoms with van der Waals surface area (Å²) in [6.07, 6.45) is 3.30. The van der Waals surface area contributed by atoms with Crippen molar-refractivity contribution < 1.29 is 9.66 Å². The molecule has 0 saturated carbocycles. The number of H-pyrrole nitrogens is 1. The van der Waals surface area contributed by atoms with Crippen LogP contribution in [0.5, 0.6) is 5.75 Å². The summed E-state index contributed by atoms with van der Waals surface area (Å²) in [7, 11) is 1.59. The molecule has 0 fully saturated rings. The molecule has 0 aliphatic carbocycles. The van der Waals surface area contributed by atoms with E-state index in [4.69, 9.17) is 21.3 Å². The van der Waals surface area contributed by atoms with Crippen LogP contribution in [0.1, 0.15) is 16.7 Å². The number of hydrogen-bond donors (Lipinski definition) is 2. The lowest BCUT2D eigenvalue weighted by Crippen LogP contribution is -2.07. The lowest BCUT2D eigenvalue weighted by molar-refractivity contribution is -0.383. The first-order valence-corrected chi connectivity index (χ1v) is 10.0. The lowest BCUT2D eigenvalue weighted by atomic mass is 9.97. The Morgan fingerprint density at radius 3 is 2.56 bits per heavy atom. The van der Waals surface area contributed by atoms with Crippen molar-refractivity contribution in [1.82, 2.24) is 10.2 Å². The van der Waals surface area contributed by atoms with Crippen LogP contribution in [0.25, 0.3) is 16.6 Å². The van der Waals surface area contributed by atoms with Crippen LogP contribution in [0.4, 0.5) is 11.4 Å². The van der Waals surface area contributed by atoms with Crippen molar-refractivity contribution in [3.05, 3.63) is 98.8 Å². The third kappa shape index (κ3) is 3.17. The first-order chi connectivity index (χ1) is 15.6. The molecule has 9 heteroatoms. The lowest BCUT2D eigenvalue weighted by Gasteiger charge is -2.13. The van der Waals surface area contributed by atoms with Crippen LogP contribution >= 0.6 is 11.6 Å². The molecule has 0 radical (unpaired) electrons. The number of methoxy groups -OCH3 is 1. The second kappa shape index (κ2) is 7.82. The number of aliphatic imine (C=N–C) groups is 1. The van der Waals surface area contributed by atoms with E-state index in [0.29, 0.717) is 49.9 Å². The third-order valence-corrected chi connectivity index (χ3v) is 5.59. The first kappa shape index (κ1) is 19.8. The minimum absolute atomic E-state index is 0.0986. The summed E-state index contributed by atoms with van der Waals surface area (Å²) >= 11 is 6.53. The molecule has 8 nitrogen and oxygen atoms in total. The Hall–Kier alpha value is -4.17. The number of nitrogens with zero attached hydrogens (tertiary/aromatic N) is 3. The molecule has 3 aromatic carbocycles. The molecule has 0 atom stereocenters. The topological polar surface area (TPSA) is 105 Å². The second-order valence-corrected chi connectivity index (χ2v) is 7.46. The quantitative estimate of drug-likeness (QED) is 0.323. The number of anilines is 1. The number of nitro benzene ring substituents is 1. The zero-order chi connectivity index (χ0) is 22.2. The van der Waals surface area contributed by atoms with Gasteiger partial charge in [0.2, 0.25) is 0 Å². The van der Waals surface area contributed by atoms with Crippen molar-refractivity contribution in [2.24, 2.45) is 4.99 Å². The smallest absolute Gasteiger partial charge is 0.295 e. The Labute approximate surface area is 187 Å². The fourth-order valence-corrected chi connectivity index (χ4v) is 4.01. The Morgan fingerprint density at radius 2 is 1.81 bits per heavy atom. The molecule has 1 aliphatic heterocycles. The molecule has 4 aromatic rings. The number of non-ortho nitro benzene ring substituents is 1. The fraction of sp³-hybridized carbons (Fsp3) is 0.0435. The Bertz CT molecular complexity index is 1440. The zero-order valence-electron chi connectivity index (χ0n) is 16.8. The average molecular weight is 446 g/mol. The van der Waals surface area contributed by atoms with Crippen LogP contribution in [0.15, 0.2) is 72.0 Å². The number of nitro groups is 1. The monoisotopic (exact) mass is 445 g/mol. The van der Waals surface area contributed by atoms with Crippen LogP contribution in [0, 0.1) is 10.1 Å². The van der Waals surface area contributed by atoms with Crippen molar-refractivity contribution in [1.29, 1.82) is 0 Å². The SMILES string of the molecule is COc1ccccc1C1=CNc2c(cc([N+](=O)[O-])c3[nH]ncc23)C(c2ccccc2Cl)=N1. The van der Waals surface area contributed by atoms with Crippen LogP contribution in [-0.2, 0) is 0 Å². The van der Waals surface area contributed by atoms with Gasteiger partial charge in [-0.2, -0.15) is 5.10 Å². The summed E-state index contributed by atoms with van der Waals surface area (Å²) in [5.41, 5.74) is 3.91. The molecule has 0 amide bonds. The molecule has 1 aliphatic rings. The minimum Gasteiger partial charge on any atom is -0.496 e. The summed E-state index contributed by atoms with van der Waals surface area (Å²) < 4.78 is 5.52. The Morgan fingerprint density at radius 1 is 1.06 bits per heavy atom. The van der Waals surface area contributed by atoms with Gasteiger partial charge in [-0.15, -0.1) is 0 Å². The molecule has 1 aromatic heterocycles. The van der Waals surface area contributed by atoms with Crippen LogP contribution in [0.2, 0.25) is 5.02 Å². The number of nitrogens with one attached hydrogen (secondary N) is 2. The van der Waals surface area contributed by atoms with E-state index < -0.39 is 4.92 Å². The molecular weight excluding hydrogens is 430 g/mol. The number of aromatic amines is 1. The van der Waals surface area contributed by atoms with Crippen molar-refractivity contribution in [3.8, 4) is 5.75 Å². The number of para-hydroxylation sites is 1. The van der Waals surface area contributed by atoms with E-state index in [2.05, 4.69) is 15.5 Å². The summed E-state index contributed by atoms with van der Waals surface area (Å²) in [6.45, 7) is 0. The van der Waals surface area contributed by atoms with Gasteiger partial charge in [-0.3, -0.25) is 15.2 Å². The molecule has 0 spiro atoms. The molecule has 158 valence electrons. The number of aromatic nitrogens is 2. The highest BCUT2D eigenvalue weighted by atomic mass is 35.5. The maximum Gasteiger partial charge on any atom is 0.295 e. The number of benzene rings is 3. The van der Waals surface area contributed by atoms with Gasteiger partial charge in [-0.25, -0.2) is 4.99 Å². The first-order valence-electron chi connectivity index (χ1n) is 9.67. The number of fused-ring (bicyclic) bond motifs is 3. The van der Waals surface area contributed by atoms with Crippen LogP contribution in [-0.4, -0.2) is 27.9 Å². The van der Waals surface area contributed by atoms with E-state index in [1.165, 1.54) is 6.07 Å². The van der Waals surface area contributed by atoms with Crippen molar-refractivity contribution in [2.45, 2.75) is 0 Å². The normalized spacial score (nSPS) is 12.9. The van der Waals surface area contributed by atoms with E-state index in [9.17, 15) is 10.1 Å². The number of halogens is 1. The maximum atomic E-state index is 11.8. The predicted octanol–water partition coefficient (Wildman–Crippen LogP) is 5.39. The van der Waals surface area contributed by atoms with Crippen LogP contribution < -0.4 is 10.1 Å².